The van der Waals surface area contributed by atoms with Crippen molar-refractivity contribution in [1.82, 2.24) is 4.31 Å². The van der Waals surface area contributed by atoms with Gasteiger partial charge in [-0.25, -0.2) is 8.42 Å². The standard InChI is InChI=1S/C19H22ClNO5S/c1-15-14-17(4-7-19(15)20)26-13-12-25-16-2-5-18(6-3-16)27(22,23)21-8-10-24-11-9-21/h2-7,14H,8-13H2,1H3. The Morgan fingerprint density at radius 3 is 2.22 bits per heavy atom. The molecule has 0 saturated carbocycles. The van der Waals surface area contributed by atoms with Crippen LogP contribution in [0.5, 0.6) is 11.5 Å². The highest BCUT2D eigenvalue weighted by Crippen LogP contribution is 2.22. The maximum atomic E-state index is 12.6. The second kappa shape index (κ2) is 8.93. The largest absolute Gasteiger partial charge is 0.490 e. The Balaban J connectivity index is 1.51. The molecule has 6 nitrogen and oxygen atoms in total. The van der Waals surface area contributed by atoms with Gasteiger partial charge in [-0.15, -0.1) is 0 Å². The van der Waals surface area contributed by atoms with Crippen LogP contribution in [0, 0.1) is 6.92 Å². The molecule has 2 aromatic carbocycles. The van der Waals surface area contributed by atoms with Gasteiger partial charge in [0.2, 0.25) is 10.0 Å². The molecule has 0 amide bonds. The van der Waals surface area contributed by atoms with Crippen molar-refractivity contribution in [2.24, 2.45) is 0 Å². The molecule has 0 unspecified atom stereocenters. The zero-order valence-electron chi connectivity index (χ0n) is 15.1. The maximum absolute atomic E-state index is 12.6. The van der Waals surface area contributed by atoms with Crippen molar-refractivity contribution < 1.29 is 22.6 Å². The third-order valence-corrected chi connectivity index (χ3v) is 6.52. The summed E-state index contributed by atoms with van der Waals surface area (Å²) in [5, 5.41) is 0.700. The number of hydrogen-bond acceptors (Lipinski definition) is 5. The van der Waals surface area contributed by atoms with E-state index in [1.165, 1.54) is 4.31 Å². The number of rotatable bonds is 7. The van der Waals surface area contributed by atoms with E-state index in [4.69, 9.17) is 25.8 Å². The lowest BCUT2D eigenvalue weighted by molar-refractivity contribution is 0.0730. The number of hydrogen-bond donors (Lipinski definition) is 0. The van der Waals surface area contributed by atoms with Gasteiger partial charge in [0, 0.05) is 18.1 Å². The van der Waals surface area contributed by atoms with Crippen LogP contribution in [0.25, 0.3) is 0 Å². The topological polar surface area (TPSA) is 65.1 Å². The van der Waals surface area contributed by atoms with Crippen LogP contribution in [0.2, 0.25) is 5.02 Å². The Kier molecular flexibility index (Phi) is 6.59. The van der Waals surface area contributed by atoms with Gasteiger partial charge < -0.3 is 14.2 Å². The highest BCUT2D eigenvalue weighted by molar-refractivity contribution is 7.89. The minimum atomic E-state index is -3.49. The number of benzene rings is 2. The number of morpholine rings is 1. The molecule has 27 heavy (non-hydrogen) atoms. The molecular weight excluding hydrogens is 390 g/mol. The van der Waals surface area contributed by atoms with Gasteiger partial charge in [-0.05, 0) is 55.0 Å². The van der Waals surface area contributed by atoms with Crippen LogP contribution in [-0.4, -0.2) is 52.2 Å². The van der Waals surface area contributed by atoms with Gasteiger partial charge in [-0.1, -0.05) is 11.6 Å². The third kappa shape index (κ3) is 5.13. The van der Waals surface area contributed by atoms with Crippen molar-refractivity contribution in [3.05, 3.63) is 53.1 Å². The molecule has 1 fully saturated rings. The second-order valence-electron chi connectivity index (χ2n) is 6.10. The zero-order chi connectivity index (χ0) is 19.3. The van der Waals surface area contributed by atoms with Gasteiger partial charge in [-0.2, -0.15) is 4.31 Å². The lowest BCUT2D eigenvalue weighted by Gasteiger charge is -2.26. The number of nitrogens with zero attached hydrogens (tertiary/aromatic N) is 1. The van der Waals surface area contributed by atoms with Gasteiger partial charge >= 0.3 is 0 Å². The summed E-state index contributed by atoms with van der Waals surface area (Å²) in [4.78, 5) is 0.254. The van der Waals surface area contributed by atoms with E-state index in [-0.39, 0.29) is 4.90 Å². The van der Waals surface area contributed by atoms with Crippen molar-refractivity contribution in [2.75, 3.05) is 39.5 Å². The van der Waals surface area contributed by atoms with Gasteiger partial charge in [0.05, 0.1) is 18.1 Å². The third-order valence-electron chi connectivity index (χ3n) is 4.18. The molecule has 0 aliphatic carbocycles. The Labute approximate surface area is 164 Å². The fraction of sp³-hybridized carbons (Fsp3) is 0.368. The summed E-state index contributed by atoms with van der Waals surface area (Å²) in [6.45, 7) is 4.23. The predicted molar refractivity (Wildman–Crippen MR) is 103 cm³/mol. The molecule has 1 aliphatic heterocycles. The summed E-state index contributed by atoms with van der Waals surface area (Å²) in [6, 6.07) is 11.9. The molecule has 0 radical (unpaired) electrons. The minimum Gasteiger partial charge on any atom is -0.490 e. The lowest BCUT2D eigenvalue weighted by Crippen LogP contribution is -2.40. The molecule has 8 heteroatoms. The Hall–Kier alpha value is -1.80. The van der Waals surface area contributed by atoms with E-state index in [9.17, 15) is 8.42 Å². The van der Waals surface area contributed by atoms with Crippen molar-refractivity contribution in [3.8, 4) is 11.5 Å². The average Bonchev–Trinajstić information content (AvgIpc) is 2.69. The van der Waals surface area contributed by atoms with Crippen molar-refractivity contribution >= 4 is 21.6 Å². The molecule has 0 spiro atoms. The van der Waals surface area contributed by atoms with Gasteiger partial charge in [0.15, 0.2) is 0 Å². The van der Waals surface area contributed by atoms with E-state index in [1.54, 1.807) is 36.4 Å². The first kappa shape index (κ1) is 19.9. The molecular formula is C19H22ClNO5S. The van der Waals surface area contributed by atoms with Crippen LogP contribution in [0.15, 0.2) is 47.4 Å². The van der Waals surface area contributed by atoms with E-state index in [0.29, 0.717) is 50.3 Å². The summed E-state index contributed by atoms with van der Waals surface area (Å²) < 4.78 is 43.0. The Bertz CT molecular complexity index is 864. The molecule has 1 saturated heterocycles. The summed E-state index contributed by atoms with van der Waals surface area (Å²) >= 11 is 5.98. The molecule has 0 atom stereocenters. The number of aryl methyl sites for hydroxylation is 1. The fourth-order valence-electron chi connectivity index (χ4n) is 2.67. The van der Waals surface area contributed by atoms with Crippen LogP contribution in [0.3, 0.4) is 0 Å². The van der Waals surface area contributed by atoms with Crippen LogP contribution in [0.4, 0.5) is 0 Å². The maximum Gasteiger partial charge on any atom is 0.243 e. The van der Waals surface area contributed by atoms with Crippen LogP contribution in [0.1, 0.15) is 5.56 Å². The second-order valence-corrected chi connectivity index (χ2v) is 8.44. The monoisotopic (exact) mass is 411 g/mol. The molecule has 0 bridgehead atoms. The van der Waals surface area contributed by atoms with Crippen molar-refractivity contribution in [2.45, 2.75) is 11.8 Å². The van der Waals surface area contributed by atoms with E-state index in [2.05, 4.69) is 0 Å². The van der Waals surface area contributed by atoms with Gasteiger partial charge in [-0.3, -0.25) is 0 Å². The van der Waals surface area contributed by atoms with Crippen LogP contribution in [-0.2, 0) is 14.8 Å². The van der Waals surface area contributed by atoms with E-state index in [0.717, 1.165) is 11.3 Å². The molecule has 1 aliphatic rings. The van der Waals surface area contributed by atoms with Crippen molar-refractivity contribution in [3.63, 3.8) is 0 Å². The molecule has 3 rings (SSSR count). The molecule has 1 heterocycles. The van der Waals surface area contributed by atoms with Crippen LogP contribution < -0.4 is 9.47 Å². The number of ether oxygens (including phenoxy) is 3. The first-order valence-electron chi connectivity index (χ1n) is 8.66. The van der Waals surface area contributed by atoms with Gasteiger partial charge in [0.1, 0.15) is 24.7 Å². The number of halogens is 1. The Morgan fingerprint density at radius 1 is 1.00 bits per heavy atom. The smallest absolute Gasteiger partial charge is 0.243 e. The van der Waals surface area contributed by atoms with Gasteiger partial charge in [0.25, 0.3) is 0 Å². The van der Waals surface area contributed by atoms with E-state index in [1.807, 2.05) is 13.0 Å². The zero-order valence-corrected chi connectivity index (χ0v) is 16.6. The lowest BCUT2D eigenvalue weighted by atomic mass is 10.2. The quantitative estimate of drug-likeness (QED) is 0.655. The summed E-state index contributed by atoms with van der Waals surface area (Å²) in [6.07, 6.45) is 0. The Morgan fingerprint density at radius 2 is 1.59 bits per heavy atom. The summed E-state index contributed by atoms with van der Waals surface area (Å²) in [5.41, 5.74) is 0.951. The highest BCUT2D eigenvalue weighted by Gasteiger charge is 2.26. The van der Waals surface area contributed by atoms with Crippen molar-refractivity contribution in [1.29, 1.82) is 0 Å². The first-order valence-corrected chi connectivity index (χ1v) is 10.5. The fourth-order valence-corrected chi connectivity index (χ4v) is 4.20. The van der Waals surface area contributed by atoms with E-state index < -0.39 is 10.0 Å². The highest BCUT2D eigenvalue weighted by atomic mass is 35.5. The SMILES string of the molecule is Cc1cc(OCCOc2ccc(S(=O)(=O)N3CCOCC3)cc2)ccc1Cl. The van der Waals surface area contributed by atoms with Crippen LogP contribution >= 0.6 is 11.6 Å². The molecule has 0 N–H and O–H groups in total. The number of sulfonamides is 1. The molecule has 146 valence electrons. The molecule has 0 aromatic heterocycles. The minimum absolute atomic E-state index is 0.254. The van der Waals surface area contributed by atoms with E-state index >= 15 is 0 Å². The normalized spacial score (nSPS) is 15.5. The average molecular weight is 412 g/mol. The summed E-state index contributed by atoms with van der Waals surface area (Å²) in [5.74, 6) is 1.32. The molecule has 2 aromatic rings. The predicted octanol–water partition coefficient (Wildman–Crippen LogP) is 3.13. The first-order chi connectivity index (χ1) is 13.0. The summed E-state index contributed by atoms with van der Waals surface area (Å²) in [7, 11) is -3.49.